The summed E-state index contributed by atoms with van der Waals surface area (Å²) in [6.07, 6.45) is 0. The second-order valence-corrected chi connectivity index (χ2v) is 7.46. The van der Waals surface area contributed by atoms with Crippen molar-refractivity contribution in [3.8, 4) is 11.5 Å². The first-order chi connectivity index (χ1) is 13.1. The van der Waals surface area contributed by atoms with Crippen molar-refractivity contribution in [2.75, 3.05) is 7.11 Å². The van der Waals surface area contributed by atoms with E-state index in [1.54, 1.807) is 30.8 Å². The highest BCUT2D eigenvalue weighted by Crippen LogP contribution is 2.28. The monoisotopic (exact) mass is 446 g/mol. The average Bonchev–Trinajstić information content (AvgIpc) is 3.20. The van der Waals surface area contributed by atoms with Crippen LogP contribution in [0.5, 0.6) is 11.5 Å². The Morgan fingerprint density at radius 3 is 2.85 bits per heavy atom. The molecule has 1 N–H and O–H groups in total. The standard InChI is InChI=1S/C20H19BrN2O3S/c1-13(14-6-7-19(25-2)18(21)9-14)23-20(24)15-4-3-5-17(8-15)26-10-16-11-27-12-22-16/h3-9,11-13H,10H2,1-2H3,(H,23,24). The van der Waals surface area contributed by atoms with E-state index in [9.17, 15) is 4.79 Å². The molecule has 0 aliphatic rings. The number of ether oxygens (including phenoxy) is 2. The van der Waals surface area contributed by atoms with Crippen LogP contribution in [0.15, 0.2) is 57.8 Å². The fourth-order valence-electron chi connectivity index (χ4n) is 2.51. The Morgan fingerprint density at radius 1 is 1.30 bits per heavy atom. The topological polar surface area (TPSA) is 60.5 Å². The summed E-state index contributed by atoms with van der Waals surface area (Å²) in [5, 5.41) is 4.94. The van der Waals surface area contributed by atoms with E-state index < -0.39 is 0 Å². The van der Waals surface area contributed by atoms with Crippen molar-refractivity contribution in [1.82, 2.24) is 10.3 Å². The molecule has 2 aromatic carbocycles. The third-order valence-electron chi connectivity index (χ3n) is 3.99. The van der Waals surface area contributed by atoms with E-state index >= 15 is 0 Å². The molecule has 3 rings (SSSR count). The van der Waals surface area contributed by atoms with Gasteiger partial charge in [0.1, 0.15) is 18.1 Å². The minimum Gasteiger partial charge on any atom is -0.496 e. The fourth-order valence-corrected chi connectivity index (χ4v) is 3.61. The zero-order valence-corrected chi connectivity index (χ0v) is 17.3. The molecule has 0 bridgehead atoms. The molecule has 0 aliphatic heterocycles. The molecule has 1 heterocycles. The highest BCUT2D eigenvalue weighted by molar-refractivity contribution is 9.10. The van der Waals surface area contributed by atoms with E-state index in [4.69, 9.17) is 9.47 Å². The molecule has 1 amide bonds. The summed E-state index contributed by atoms with van der Waals surface area (Å²) < 4.78 is 11.8. The summed E-state index contributed by atoms with van der Waals surface area (Å²) in [6, 6.07) is 12.7. The number of nitrogens with one attached hydrogen (secondary N) is 1. The Bertz CT molecular complexity index is 915. The van der Waals surface area contributed by atoms with Gasteiger partial charge in [0.2, 0.25) is 0 Å². The molecule has 0 fully saturated rings. The number of benzene rings is 2. The zero-order chi connectivity index (χ0) is 19.2. The maximum absolute atomic E-state index is 12.6. The molecule has 0 saturated carbocycles. The van der Waals surface area contributed by atoms with Crippen LogP contribution in [0.25, 0.3) is 0 Å². The molecule has 7 heteroatoms. The minimum atomic E-state index is -0.159. The van der Waals surface area contributed by atoms with E-state index in [2.05, 4.69) is 26.2 Å². The SMILES string of the molecule is COc1ccc(C(C)NC(=O)c2cccc(OCc3cscn3)c2)cc1Br. The van der Waals surface area contributed by atoms with Crippen LogP contribution in [0, 0.1) is 0 Å². The molecule has 1 unspecified atom stereocenters. The summed E-state index contributed by atoms with van der Waals surface area (Å²) in [5.74, 6) is 1.23. The molecule has 0 radical (unpaired) electrons. The van der Waals surface area contributed by atoms with Crippen LogP contribution >= 0.6 is 27.3 Å². The average molecular weight is 447 g/mol. The smallest absolute Gasteiger partial charge is 0.251 e. The van der Waals surface area contributed by atoms with Gasteiger partial charge in [0.15, 0.2) is 0 Å². The fraction of sp³-hybridized carbons (Fsp3) is 0.200. The van der Waals surface area contributed by atoms with Gasteiger partial charge in [-0.15, -0.1) is 11.3 Å². The number of thiazole rings is 1. The summed E-state index contributed by atoms with van der Waals surface area (Å²) in [4.78, 5) is 16.8. The first kappa shape index (κ1) is 19.4. The van der Waals surface area contributed by atoms with Gasteiger partial charge in [-0.2, -0.15) is 0 Å². The van der Waals surface area contributed by atoms with Gasteiger partial charge in [-0.3, -0.25) is 4.79 Å². The number of methoxy groups -OCH3 is 1. The number of rotatable bonds is 7. The molecular weight excluding hydrogens is 428 g/mol. The van der Waals surface area contributed by atoms with Crippen molar-refractivity contribution in [1.29, 1.82) is 0 Å². The molecule has 140 valence electrons. The van der Waals surface area contributed by atoms with Gasteiger partial charge in [0.05, 0.1) is 28.8 Å². The molecule has 0 spiro atoms. The molecule has 0 aliphatic carbocycles. The van der Waals surface area contributed by atoms with Crippen LogP contribution in [-0.4, -0.2) is 18.0 Å². The van der Waals surface area contributed by atoms with Gasteiger partial charge in [-0.05, 0) is 58.7 Å². The van der Waals surface area contributed by atoms with E-state index in [0.29, 0.717) is 17.9 Å². The molecule has 27 heavy (non-hydrogen) atoms. The van der Waals surface area contributed by atoms with Crippen LogP contribution in [0.4, 0.5) is 0 Å². The largest absolute Gasteiger partial charge is 0.496 e. The lowest BCUT2D eigenvalue weighted by atomic mass is 10.1. The summed E-state index contributed by atoms with van der Waals surface area (Å²) in [7, 11) is 1.62. The lowest BCUT2D eigenvalue weighted by Gasteiger charge is -2.16. The Balaban J connectivity index is 1.65. The van der Waals surface area contributed by atoms with Crippen molar-refractivity contribution in [3.05, 3.63) is 74.6 Å². The van der Waals surface area contributed by atoms with Crippen molar-refractivity contribution in [2.45, 2.75) is 19.6 Å². The van der Waals surface area contributed by atoms with Gasteiger partial charge >= 0.3 is 0 Å². The van der Waals surface area contributed by atoms with Gasteiger partial charge in [0, 0.05) is 10.9 Å². The Hall–Kier alpha value is -2.38. The van der Waals surface area contributed by atoms with Gasteiger partial charge in [-0.25, -0.2) is 4.98 Å². The van der Waals surface area contributed by atoms with E-state index in [0.717, 1.165) is 21.5 Å². The molecule has 3 aromatic rings. The number of hydrogen-bond acceptors (Lipinski definition) is 5. The molecule has 1 atom stereocenters. The first-order valence-corrected chi connectivity index (χ1v) is 10.0. The van der Waals surface area contributed by atoms with Crippen LogP contribution in [0.3, 0.4) is 0 Å². The molecule has 1 aromatic heterocycles. The lowest BCUT2D eigenvalue weighted by molar-refractivity contribution is 0.0939. The third kappa shape index (κ3) is 5.08. The van der Waals surface area contributed by atoms with Crippen molar-refractivity contribution >= 4 is 33.2 Å². The number of hydrogen-bond donors (Lipinski definition) is 1. The quantitative estimate of drug-likeness (QED) is 0.555. The maximum atomic E-state index is 12.6. The number of aromatic nitrogens is 1. The molecule has 5 nitrogen and oxygen atoms in total. The highest BCUT2D eigenvalue weighted by Gasteiger charge is 2.13. The second-order valence-electron chi connectivity index (χ2n) is 5.89. The molecule has 0 saturated heterocycles. The van der Waals surface area contributed by atoms with Crippen molar-refractivity contribution in [3.63, 3.8) is 0 Å². The highest BCUT2D eigenvalue weighted by atomic mass is 79.9. The number of nitrogens with zero attached hydrogens (tertiary/aromatic N) is 1. The van der Waals surface area contributed by atoms with Gasteiger partial charge < -0.3 is 14.8 Å². The maximum Gasteiger partial charge on any atom is 0.251 e. The number of halogens is 1. The van der Waals surface area contributed by atoms with Crippen molar-refractivity contribution in [2.24, 2.45) is 0 Å². The van der Waals surface area contributed by atoms with E-state index in [1.165, 1.54) is 11.3 Å². The number of carbonyl (C=O) groups excluding carboxylic acids is 1. The number of amides is 1. The van der Waals surface area contributed by atoms with Crippen LogP contribution in [-0.2, 0) is 6.61 Å². The zero-order valence-electron chi connectivity index (χ0n) is 14.9. The number of carbonyl (C=O) groups is 1. The predicted octanol–water partition coefficient (Wildman–Crippen LogP) is 4.98. The van der Waals surface area contributed by atoms with E-state index in [1.807, 2.05) is 36.6 Å². The minimum absolute atomic E-state index is 0.153. The van der Waals surface area contributed by atoms with Gasteiger partial charge in [0.25, 0.3) is 5.91 Å². The van der Waals surface area contributed by atoms with Crippen LogP contribution in [0.1, 0.15) is 34.6 Å². The van der Waals surface area contributed by atoms with Crippen LogP contribution in [0.2, 0.25) is 0 Å². The normalized spacial score (nSPS) is 11.7. The van der Waals surface area contributed by atoms with Crippen LogP contribution < -0.4 is 14.8 Å². The second kappa shape index (κ2) is 9.01. The third-order valence-corrected chi connectivity index (χ3v) is 5.24. The van der Waals surface area contributed by atoms with Crippen molar-refractivity contribution < 1.29 is 14.3 Å². The molecular formula is C20H19BrN2O3S. The Labute approximate surface area is 170 Å². The summed E-state index contributed by atoms with van der Waals surface area (Å²) in [5.41, 5.74) is 4.16. The summed E-state index contributed by atoms with van der Waals surface area (Å²) in [6.45, 7) is 2.32. The van der Waals surface area contributed by atoms with Gasteiger partial charge in [-0.1, -0.05) is 12.1 Å². The first-order valence-electron chi connectivity index (χ1n) is 8.31. The van der Waals surface area contributed by atoms with E-state index in [-0.39, 0.29) is 11.9 Å². The Morgan fingerprint density at radius 2 is 2.15 bits per heavy atom. The Kier molecular flexibility index (Phi) is 6.47. The lowest BCUT2D eigenvalue weighted by Crippen LogP contribution is -2.26. The predicted molar refractivity (Wildman–Crippen MR) is 109 cm³/mol. The summed E-state index contributed by atoms with van der Waals surface area (Å²) >= 11 is 5.00.